The van der Waals surface area contributed by atoms with Gasteiger partial charge in [-0.2, -0.15) is 0 Å². The molecule has 2 aromatic heterocycles. The molecule has 11 rings (SSSR count). The fourth-order valence-corrected chi connectivity index (χ4v) is 10.4. The van der Waals surface area contributed by atoms with Crippen LogP contribution in [0.5, 0.6) is 0 Å². The minimum atomic E-state index is 1.12. The molecule has 11 aromatic rings. The van der Waals surface area contributed by atoms with Gasteiger partial charge in [0.25, 0.3) is 0 Å². The van der Waals surface area contributed by atoms with Gasteiger partial charge in [-0.1, -0.05) is 115 Å². The van der Waals surface area contributed by atoms with Gasteiger partial charge in [0.15, 0.2) is 0 Å². The number of anilines is 6. The fraction of sp³-hybridized carbons (Fsp3) is 0. The maximum Gasteiger partial charge on any atom is 0.0554 e. The molecule has 56 heavy (non-hydrogen) atoms. The monoisotopic (exact) mass is 750 g/mol. The van der Waals surface area contributed by atoms with E-state index in [1.807, 2.05) is 22.7 Å². The lowest BCUT2D eigenvalue weighted by molar-refractivity contribution is 1.29. The number of hydrogen-bond donors (Lipinski definition) is 0. The van der Waals surface area contributed by atoms with Crippen LogP contribution in [0.15, 0.2) is 206 Å². The lowest BCUT2D eigenvalue weighted by Gasteiger charge is -2.27. The highest BCUT2D eigenvalue weighted by Crippen LogP contribution is 2.47. The van der Waals surface area contributed by atoms with Crippen LogP contribution in [0.4, 0.5) is 34.1 Å². The van der Waals surface area contributed by atoms with Crippen molar-refractivity contribution in [3.63, 3.8) is 0 Å². The molecule has 0 aliphatic heterocycles. The van der Waals surface area contributed by atoms with Crippen LogP contribution in [0.3, 0.4) is 0 Å². The normalized spacial score (nSPS) is 11.6. The van der Waals surface area contributed by atoms with Crippen LogP contribution < -0.4 is 9.80 Å². The third kappa shape index (κ3) is 5.62. The third-order valence-electron chi connectivity index (χ3n) is 10.8. The van der Waals surface area contributed by atoms with Gasteiger partial charge in [0.1, 0.15) is 0 Å². The van der Waals surface area contributed by atoms with Gasteiger partial charge < -0.3 is 9.80 Å². The zero-order chi connectivity index (χ0) is 37.0. The summed E-state index contributed by atoms with van der Waals surface area (Å²) >= 11 is 3.72. The molecule has 2 nitrogen and oxygen atoms in total. The molecule has 0 amide bonds. The number of benzene rings is 9. The molecule has 0 bridgehead atoms. The molecule has 264 valence electrons. The topological polar surface area (TPSA) is 6.48 Å². The predicted octanol–water partition coefficient (Wildman–Crippen LogP) is 16.2. The Morgan fingerprint density at radius 2 is 0.804 bits per heavy atom. The van der Waals surface area contributed by atoms with Gasteiger partial charge in [-0.25, -0.2) is 0 Å². The number of rotatable bonds is 7. The van der Waals surface area contributed by atoms with Crippen LogP contribution >= 0.6 is 22.7 Å². The Bertz CT molecular complexity index is 3200. The van der Waals surface area contributed by atoms with E-state index in [2.05, 4.69) is 216 Å². The number of nitrogens with zero attached hydrogens (tertiary/aromatic N) is 2. The number of para-hydroxylation sites is 1. The highest BCUT2D eigenvalue weighted by atomic mass is 32.1. The van der Waals surface area contributed by atoms with Crippen molar-refractivity contribution in [1.29, 1.82) is 0 Å². The molecule has 0 aliphatic carbocycles. The van der Waals surface area contributed by atoms with E-state index in [-0.39, 0.29) is 0 Å². The van der Waals surface area contributed by atoms with Crippen molar-refractivity contribution < 1.29 is 0 Å². The quantitative estimate of drug-likeness (QED) is 0.160. The molecule has 0 N–H and O–H groups in total. The van der Waals surface area contributed by atoms with Crippen LogP contribution in [-0.2, 0) is 0 Å². The van der Waals surface area contributed by atoms with Crippen LogP contribution in [0.1, 0.15) is 0 Å². The minimum Gasteiger partial charge on any atom is -0.310 e. The third-order valence-corrected chi connectivity index (χ3v) is 13.1. The highest BCUT2D eigenvalue weighted by molar-refractivity contribution is 7.26. The van der Waals surface area contributed by atoms with Crippen molar-refractivity contribution in [3.8, 4) is 11.1 Å². The number of fused-ring (bicyclic) bond motifs is 7. The Balaban J connectivity index is 1.10. The first-order chi connectivity index (χ1) is 27.7. The fourth-order valence-electron chi connectivity index (χ4n) is 8.17. The van der Waals surface area contributed by atoms with E-state index < -0.39 is 0 Å². The minimum absolute atomic E-state index is 1.12. The Hall–Kier alpha value is -6.72. The van der Waals surface area contributed by atoms with E-state index in [1.54, 1.807) is 0 Å². The smallest absolute Gasteiger partial charge is 0.0554 e. The lowest BCUT2D eigenvalue weighted by atomic mass is 10.0. The largest absolute Gasteiger partial charge is 0.310 e. The molecular weight excluding hydrogens is 717 g/mol. The summed E-state index contributed by atoms with van der Waals surface area (Å²) in [5.74, 6) is 0. The average molecular weight is 751 g/mol. The van der Waals surface area contributed by atoms with Gasteiger partial charge >= 0.3 is 0 Å². The van der Waals surface area contributed by atoms with Gasteiger partial charge in [-0.3, -0.25) is 0 Å². The van der Waals surface area contributed by atoms with Gasteiger partial charge in [0.05, 0.1) is 5.69 Å². The first-order valence-electron chi connectivity index (χ1n) is 18.9. The van der Waals surface area contributed by atoms with Crippen molar-refractivity contribution in [2.24, 2.45) is 0 Å². The maximum atomic E-state index is 2.45. The first kappa shape index (κ1) is 32.7. The van der Waals surface area contributed by atoms with Crippen LogP contribution in [0.25, 0.3) is 62.2 Å². The summed E-state index contributed by atoms with van der Waals surface area (Å²) < 4.78 is 5.14. The summed E-state index contributed by atoms with van der Waals surface area (Å²) in [6.45, 7) is 0. The number of hydrogen-bond acceptors (Lipinski definition) is 4. The van der Waals surface area contributed by atoms with Crippen LogP contribution in [-0.4, -0.2) is 0 Å². The van der Waals surface area contributed by atoms with E-state index >= 15 is 0 Å². The second-order valence-electron chi connectivity index (χ2n) is 14.2. The molecule has 4 heteroatoms. The average Bonchev–Trinajstić information content (AvgIpc) is 3.83. The van der Waals surface area contributed by atoms with Gasteiger partial charge in [0.2, 0.25) is 0 Å². The van der Waals surface area contributed by atoms with E-state index in [9.17, 15) is 0 Å². The second kappa shape index (κ2) is 13.5. The Morgan fingerprint density at radius 1 is 0.286 bits per heavy atom. The molecule has 0 unspecified atom stereocenters. The molecule has 0 atom stereocenters. The molecule has 0 saturated heterocycles. The van der Waals surface area contributed by atoms with Crippen LogP contribution in [0.2, 0.25) is 0 Å². The van der Waals surface area contributed by atoms with E-state index in [4.69, 9.17) is 0 Å². The first-order valence-corrected chi connectivity index (χ1v) is 20.5. The lowest BCUT2D eigenvalue weighted by Crippen LogP contribution is -2.10. The van der Waals surface area contributed by atoms with E-state index in [0.717, 1.165) is 28.4 Å². The molecule has 0 spiro atoms. The Labute approximate surface area is 333 Å². The zero-order valence-corrected chi connectivity index (χ0v) is 32.0. The summed E-state index contributed by atoms with van der Waals surface area (Å²) in [5, 5.41) is 7.54. The standard InChI is InChI=1S/C52H34N2S2/c1-3-12-35(13-4-1)37-22-25-40(26-23-37)54(47-19-11-21-51-52(47)44-18-9-10-20-48(44)56-51)43-29-31-50-46(34-43)45-33-42(28-30-49(45)55-50)53(39-16-5-2-6-17-39)41-27-24-36-14-7-8-15-38(36)32-41/h1-34H. The second-order valence-corrected chi connectivity index (χ2v) is 16.3. The maximum absolute atomic E-state index is 2.45. The van der Waals surface area contributed by atoms with Crippen molar-refractivity contribution in [2.45, 2.75) is 0 Å². The van der Waals surface area contributed by atoms with Gasteiger partial charge in [0, 0.05) is 68.8 Å². The van der Waals surface area contributed by atoms with Crippen LogP contribution in [0, 0.1) is 0 Å². The Kier molecular flexibility index (Phi) is 7.90. The van der Waals surface area contributed by atoms with Crippen molar-refractivity contribution in [1.82, 2.24) is 0 Å². The molecule has 9 aromatic carbocycles. The molecule has 2 heterocycles. The summed E-state index contributed by atoms with van der Waals surface area (Å²) in [7, 11) is 0. The van der Waals surface area contributed by atoms with Gasteiger partial charge in [-0.15, -0.1) is 22.7 Å². The SMILES string of the molecule is c1ccc(-c2ccc(N(c3ccc4sc5ccc(N(c6ccccc6)c6ccc7ccccc7c6)cc5c4c3)c3cccc4sc5ccccc5c34)cc2)cc1. The predicted molar refractivity (Wildman–Crippen MR) is 245 cm³/mol. The molecule has 0 fully saturated rings. The van der Waals surface area contributed by atoms with Crippen molar-refractivity contribution in [2.75, 3.05) is 9.80 Å². The zero-order valence-electron chi connectivity index (χ0n) is 30.3. The van der Waals surface area contributed by atoms with Crippen molar-refractivity contribution in [3.05, 3.63) is 206 Å². The Morgan fingerprint density at radius 3 is 1.57 bits per heavy atom. The highest BCUT2D eigenvalue weighted by Gasteiger charge is 2.21. The summed E-state index contributed by atoms with van der Waals surface area (Å²) in [6, 6.07) is 75.2. The van der Waals surface area contributed by atoms with E-state index in [0.29, 0.717) is 0 Å². The van der Waals surface area contributed by atoms with Crippen molar-refractivity contribution >= 4 is 108 Å². The molecule has 0 saturated carbocycles. The molecule has 0 aliphatic rings. The summed E-state index contributed by atoms with van der Waals surface area (Å²) in [6.07, 6.45) is 0. The summed E-state index contributed by atoms with van der Waals surface area (Å²) in [4.78, 5) is 4.83. The molecular formula is C52H34N2S2. The number of thiophene rings is 2. The van der Waals surface area contributed by atoms with Gasteiger partial charge in [-0.05, 0) is 113 Å². The summed E-state index contributed by atoms with van der Waals surface area (Å²) in [5.41, 5.74) is 9.25. The molecule has 0 radical (unpaired) electrons. The van der Waals surface area contributed by atoms with E-state index in [1.165, 1.54) is 67.9 Å².